The highest BCUT2D eigenvalue weighted by Gasteiger charge is 2.26. The maximum atomic E-state index is 13.3. The molecule has 0 bridgehead atoms. The molecule has 6 heteroatoms. The number of hydrogen-bond acceptors (Lipinski definition) is 3. The first-order valence-electron chi connectivity index (χ1n) is 10.3. The molecule has 0 fully saturated rings. The maximum absolute atomic E-state index is 13.3. The van der Waals surface area contributed by atoms with E-state index < -0.39 is 0 Å². The quantitative estimate of drug-likeness (QED) is 0.712. The zero-order valence-electron chi connectivity index (χ0n) is 17.9. The van der Waals surface area contributed by atoms with Crippen molar-refractivity contribution in [2.24, 2.45) is 7.05 Å². The molecule has 6 nitrogen and oxygen atoms in total. The largest absolute Gasteiger partial charge is 0.492 e. The van der Waals surface area contributed by atoms with Gasteiger partial charge in [0.25, 0.3) is 0 Å². The lowest BCUT2D eigenvalue weighted by Gasteiger charge is -2.31. The molecule has 1 N–H and O–H groups in total. The molecule has 0 saturated carbocycles. The Kier molecular flexibility index (Phi) is 5.24. The molecule has 0 saturated heterocycles. The number of carbonyl (C=O) groups is 1. The lowest BCUT2D eigenvalue weighted by molar-refractivity contribution is 0.205. The van der Waals surface area contributed by atoms with Gasteiger partial charge in [-0.1, -0.05) is 18.2 Å². The molecular formula is C24H27N3O3. The number of para-hydroxylation sites is 2. The molecule has 30 heavy (non-hydrogen) atoms. The van der Waals surface area contributed by atoms with Crippen LogP contribution in [0, 0.1) is 13.8 Å². The number of aromatic nitrogens is 1. The first kappa shape index (κ1) is 20.0. The van der Waals surface area contributed by atoms with Crippen molar-refractivity contribution in [3.63, 3.8) is 0 Å². The van der Waals surface area contributed by atoms with E-state index in [0.717, 1.165) is 27.7 Å². The molecule has 0 atom stereocenters. The van der Waals surface area contributed by atoms with Gasteiger partial charge in [0.2, 0.25) is 0 Å². The fraction of sp³-hybridized carbons (Fsp3) is 0.333. The van der Waals surface area contributed by atoms with Crippen molar-refractivity contribution >= 4 is 22.6 Å². The Hall–Kier alpha value is -3.28. The number of pyridine rings is 1. The molecule has 4 rings (SSSR count). The van der Waals surface area contributed by atoms with E-state index in [-0.39, 0.29) is 11.5 Å². The van der Waals surface area contributed by atoms with Crippen LogP contribution in [0.3, 0.4) is 0 Å². The molecule has 2 aromatic carbocycles. The lowest BCUT2D eigenvalue weighted by Crippen LogP contribution is -2.42. The van der Waals surface area contributed by atoms with Crippen LogP contribution in [-0.4, -0.2) is 28.6 Å². The molecule has 156 valence electrons. The summed E-state index contributed by atoms with van der Waals surface area (Å²) in [6.45, 7) is 7.32. The van der Waals surface area contributed by atoms with Crippen LogP contribution in [0.1, 0.15) is 29.3 Å². The minimum absolute atomic E-state index is 0.0251. The fourth-order valence-corrected chi connectivity index (χ4v) is 4.42. The van der Waals surface area contributed by atoms with E-state index in [2.05, 4.69) is 16.0 Å². The van der Waals surface area contributed by atoms with Crippen LogP contribution in [-0.2, 0) is 20.0 Å². The van der Waals surface area contributed by atoms with Crippen molar-refractivity contribution in [1.29, 1.82) is 0 Å². The summed E-state index contributed by atoms with van der Waals surface area (Å²) >= 11 is 0. The van der Waals surface area contributed by atoms with E-state index in [0.29, 0.717) is 43.1 Å². The van der Waals surface area contributed by atoms with E-state index in [1.54, 1.807) is 4.90 Å². The zero-order valence-corrected chi connectivity index (χ0v) is 17.9. The summed E-state index contributed by atoms with van der Waals surface area (Å²) < 4.78 is 7.73. The number of hydrogen-bond donors (Lipinski definition) is 1. The van der Waals surface area contributed by atoms with Crippen molar-refractivity contribution in [2.45, 2.75) is 33.7 Å². The number of anilines is 1. The average Bonchev–Trinajstić information content (AvgIpc) is 2.72. The van der Waals surface area contributed by atoms with Crippen LogP contribution < -0.4 is 15.5 Å². The van der Waals surface area contributed by atoms with Crippen LogP contribution in [0.4, 0.5) is 10.5 Å². The smallest absolute Gasteiger partial charge is 0.322 e. The number of fused-ring (bicyclic) bond motifs is 2. The second kappa shape index (κ2) is 7.86. The third-order valence-corrected chi connectivity index (χ3v) is 5.74. The van der Waals surface area contributed by atoms with Gasteiger partial charge < -0.3 is 19.5 Å². The minimum Gasteiger partial charge on any atom is -0.492 e. The summed E-state index contributed by atoms with van der Waals surface area (Å²) in [5, 5.41) is 3.66. The van der Waals surface area contributed by atoms with Gasteiger partial charge in [-0.2, -0.15) is 0 Å². The Morgan fingerprint density at radius 3 is 2.73 bits per heavy atom. The third-order valence-electron chi connectivity index (χ3n) is 5.74. The van der Waals surface area contributed by atoms with Crippen molar-refractivity contribution in [2.75, 3.05) is 18.5 Å². The average molecular weight is 405 g/mol. The molecular weight excluding hydrogens is 378 g/mol. The SMILES string of the molecule is CCOc1ccccc1NC(=O)N1CCc2c(c(=O)c3cc(C)cc(C)c3n2C)C1. The number of nitrogens with one attached hydrogen (secondary N) is 1. The topological polar surface area (TPSA) is 63.6 Å². The van der Waals surface area contributed by atoms with Crippen molar-refractivity contribution in [1.82, 2.24) is 9.47 Å². The molecule has 1 aromatic heterocycles. The number of carbonyl (C=O) groups excluding carboxylic acids is 1. The molecule has 0 radical (unpaired) electrons. The highest BCUT2D eigenvalue weighted by molar-refractivity contribution is 5.91. The number of aryl methyl sites for hydroxylation is 3. The standard InChI is InChI=1S/C24H27N3O3/c1-5-30-21-9-7-6-8-19(21)25-24(29)27-11-10-20-18(14-27)23(28)17-13-15(2)12-16(3)22(17)26(20)4/h6-9,12-13H,5,10-11,14H2,1-4H3,(H,25,29). The van der Waals surface area contributed by atoms with E-state index >= 15 is 0 Å². The number of ether oxygens (including phenoxy) is 1. The van der Waals surface area contributed by atoms with Gasteiger partial charge in [0.05, 0.1) is 24.4 Å². The molecule has 0 unspecified atom stereocenters. The summed E-state index contributed by atoms with van der Waals surface area (Å²) in [6, 6.07) is 11.2. The Bertz CT molecular complexity index is 1200. The Labute approximate surface area is 176 Å². The molecule has 2 amide bonds. The summed E-state index contributed by atoms with van der Waals surface area (Å²) in [5.41, 5.74) is 5.51. The van der Waals surface area contributed by atoms with Crippen LogP contribution in [0.2, 0.25) is 0 Å². The van der Waals surface area contributed by atoms with Gasteiger partial charge in [0.1, 0.15) is 5.75 Å². The van der Waals surface area contributed by atoms with Crippen molar-refractivity contribution in [3.8, 4) is 5.75 Å². The Balaban J connectivity index is 1.67. The van der Waals surface area contributed by atoms with Gasteiger partial charge in [-0.25, -0.2) is 4.79 Å². The van der Waals surface area contributed by atoms with Gasteiger partial charge in [0.15, 0.2) is 5.43 Å². The van der Waals surface area contributed by atoms with E-state index in [9.17, 15) is 9.59 Å². The highest BCUT2D eigenvalue weighted by atomic mass is 16.5. The molecule has 0 aliphatic carbocycles. The van der Waals surface area contributed by atoms with E-state index in [1.807, 2.05) is 58.2 Å². The summed E-state index contributed by atoms with van der Waals surface area (Å²) in [7, 11) is 2.01. The minimum atomic E-state index is -0.227. The second-order valence-electron chi connectivity index (χ2n) is 7.82. The number of amides is 2. The van der Waals surface area contributed by atoms with Crippen molar-refractivity contribution in [3.05, 3.63) is 69.0 Å². The van der Waals surface area contributed by atoms with Gasteiger partial charge in [-0.15, -0.1) is 0 Å². The van der Waals surface area contributed by atoms with Gasteiger partial charge in [-0.3, -0.25) is 4.79 Å². The second-order valence-corrected chi connectivity index (χ2v) is 7.82. The lowest BCUT2D eigenvalue weighted by atomic mass is 9.98. The van der Waals surface area contributed by atoms with E-state index in [1.165, 1.54) is 0 Å². The van der Waals surface area contributed by atoms with Crippen LogP contribution in [0.5, 0.6) is 5.75 Å². The predicted molar refractivity (Wildman–Crippen MR) is 119 cm³/mol. The fourth-order valence-electron chi connectivity index (χ4n) is 4.42. The van der Waals surface area contributed by atoms with Crippen LogP contribution in [0.15, 0.2) is 41.2 Å². The van der Waals surface area contributed by atoms with Crippen LogP contribution >= 0.6 is 0 Å². The van der Waals surface area contributed by atoms with E-state index in [4.69, 9.17) is 4.74 Å². The molecule has 1 aliphatic heterocycles. The number of nitrogens with zero attached hydrogens (tertiary/aromatic N) is 2. The highest BCUT2D eigenvalue weighted by Crippen LogP contribution is 2.27. The number of benzene rings is 2. The monoisotopic (exact) mass is 405 g/mol. The van der Waals surface area contributed by atoms with Gasteiger partial charge >= 0.3 is 6.03 Å². The Morgan fingerprint density at radius 1 is 1.20 bits per heavy atom. The summed E-state index contributed by atoms with van der Waals surface area (Å²) in [6.07, 6.45) is 0.644. The Morgan fingerprint density at radius 2 is 1.97 bits per heavy atom. The maximum Gasteiger partial charge on any atom is 0.322 e. The van der Waals surface area contributed by atoms with Crippen molar-refractivity contribution < 1.29 is 9.53 Å². The molecule has 1 aliphatic rings. The number of rotatable bonds is 3. The first-order valence-corrected chi connectivity index (χ1v) is 10.3. The molecule has 0 spiro atoms. The number of urea groups is 1. The third kappa shape index (κ3) is 3.43. The molecule has 2 heterocycles. The molecule has 3 aromatic rings. The summed E-state index contributed by atoms with van der Waals surface area (Å²) in [5.74, 6) is 0.638. The zero-order chi connectivity index (χ0) is 21.4. The van der Waals surface area contributed by atoms with Gasteiger partial charge in [-0.05, 0) is 50.1 Å². The van der Waals surface area contributed by atoms with Crippen LogP contribution in [0.25, 0.3) is 10.9 Å². The first-order chi connectivity index (χ1) is 14.4. The predicted octanol–water partition coefficient (Wildman–Crippen LogP) is 4.14. The normalized spacial score (nSPS) is 13.3. The summed E-state index contributed by atoms with van der Waals surface area (Å²) in [4.78, 5) is 28.0. The van der Waals surface area contributed by atoms with Gasteiger partial charge in [0, 0.05) is 36.7 Å².